The number of rotatable bonds is 2. The monoisotopic (exact) mass is 278 g/mol. The zero-order valence-electron chi connectivity index (χ0n) is 9.17. The van der Waals surface area contributed by atoms with Crippen molar-refractivity contribution in [1.29, 1.82) is 5.26 Å². The molecule has 0 aliphatic carbocycles. The normalized spacial score (nSPS) is 20.4. The van der Waals surface area contributed by atoms with E-state index in [4.69, 9.17) is 5.26 Å². The maximum atomic E-state index is 8.88. The Kier molecular flexibility index (Phi) is 3.98. The number of hydrogen-bond donors (Lipinski definition) is 1. The third kappa shape index (κ3) is 2.84. The largest absolute Gasteiger partial charge is 0.316 e. The first-order valence-corrected chi connectivity index (χ1v) is 6.48. The van der Waals surface area contributed by atoms with Gasteiger partial charge in [-0.15, -0.1) is 0 Å². The highest BCUT2D eigenvalue weighted by molar-refractivity contribution is 9.10. The van der Waals surface area contributed by atoms with Gasteiger partial charge in [-0.3, -0.25) is 0 Å². The highest BCUT2D eigenvalue weighted by atomic mass is 79.9. The van der Waals surface area contributed by atoms with E-state index in [9.17, 15) is 0 Å². The molecule has 1 unspecified atom stereocenters. The Hall–Kier alpha value is -0.850. The number of nitrogens with one attached hydrogen (secondary N) is 1. The summed E-state index contributed by atoms with van der Waals surface area (Å²) < 4.78 is 1.12. The zero-order chi connectivity index (χ0) is 11.4. The fourth-order valence-electron chi connectivity index (χ4n) is 2.21. The minimum atomic E-state index is 0.707. The molecule has 1 heterocycles. The van der Waals surface area contributed by atoms with Crippen LogP contribution in [-0.4, -0.2) is 13.1 Å². The fourth-order valence-corrected chi connectivity index (χ4v) is 2.62. The Morgan fingerprint density at radius 3 is 3.06 bits per heavy atom. The first kappa shape index (κ1) is 11.6. The van der Waals surface area contributed by atoms with Crippen LogP contribution in [-0.2, 0) is 6.42 Å². The van der Waals surface area contributed by atoms with Gasteiger partial charge in [-0.05, 0) is 62.0 Å². The van der Waals surface area contributed by atoms with E-state index in [-0.39, 0.29) is 0 Å². The van der Waals surface area contributed by atoms with E-state index in [0.717, 1.165) is 29.5 Å². The summed E-state index contributed by atoms with van der Waals surface area (Å²) in [5.74, 6) is 0.707. The lowest BCUT2D eigenvalue weighted by molar-refractivity contribution is 0.375. The van der Waals surface area contributed by atoms with E-state index in [2.05, 4.69) is 27.3 Å². The van der Waals surface area contributed by atoms with Crippen molar-refractivity contribution in [1.82, 2.24) is 5.32 Å². The van der Waals surface area contributed by atoms with E-state index in [1.807, 2.05) is 18.2 Å². The van der Waals surface area contributed by atoms with E-state index in [1.165, 1.54) is 18.4 Å². The van der Waals surface area contributed by atoms with Crippen LogP contribution < -0.4 is 5.32 Å². The minimum Gasteiger partial charge on any atom is -0.316 e. The predicted molar refractivity (Wildman–Crippen MR) is 68.2 cm³/mol. The number of hydrogen-bond acceptors (Lipinski definition) is 2. The lowest BCUT2D eigenvalue weighted by Crippen LogP contribution is -2.30. The van der Waals surface area contributed by atoms with E-state index >= 15 is 0 Å². The first-order chi connectivity index (χ1) is 7.79. The molecule has 16 heavy (non-hydrogen) atoms. The maximum absolute atomic E-state index is 8.88. The van der Waals surface area contributed by atoms with Crippen molar-refractivity contribution in [2.75, 3.05) is 13.1 Å². The van der Waals surface area contributed by atoms with Gasteiger partial charge in [-0.25, -0.2) is 0 Å². The molecule has 2 rings (SSSR count). The van der Waals surface area contributed by atoms with Crippen molar-refractivity contribution in [2.24, 2.45) is 5.92 Å². The van der Waals surface area contributed by atoms with Crippen LogP contribution in [0.4, 0.5) is 0 Å². The van der Waals surface area contributed by atoms with Gasteiger partial charge in [0.2, 0.25) is 0 Å². The Labute approximate surface area is 105 Å². The molecule has 1 atom stereocenters. The van der Waals surface area contributed by atoms with Crippen LogP contribution >= 0.6 is 15.9 Å². The van der Waals surface area contributed by atoms with Crippen LogP contribution in [0.5, 0.6) is 0 Å². The summed E-state index contributed by atoms with van der Waals surface area (Å²) >= 11 is 3.56. The molecule has 1 aliphatic heterocycles. The molecule has 1 fully saturated rings. The SMILES string of the molecule is N#Cc1ccc(Br)c(CC2CCCNC2)c1. The van der Waals surface area contributed by atoms with Crippen LogP contribution in [0.3, 0.4) is 0 Å². The van der Waals surface area contributed by atoms with Crippen LogP contribution in [0.15, 0.2) is 22.7 Å². The van der Waals surface area contributed by atoms with Crippen molar-refractivity contribution in [3.05, 3.63) is 33.8 Å². The van der Waals surface area contributed by atoms with Gasteiger partial charge in [0.1, 0.15) is 0 Å². The summed E-state index contributed by atoms with van der Waals surface area (Å²) in [5.41, 5.74) is 2.01. The second-order valence-electron chi connectivity index (χ2n) is 4.33. The molecule has 0 spiro atoms. The van der Waals surface area contributed by atoms with Gasteiger partial charge in [0.05, 0.1) is 11.6 Å². The Morgan fingerprint density at radius 1 is 1.50 bits per heavy atom. The molecule has 84 valence electrons. The number of piperidine rings is 1. The van der Waals surface area contributed by atoms with Gasteiger partial charge >= 0.3 is 0 Å². The molecule has 0 bridgehead atoms. The van der Waals surface area contributed by atoms with Crippen LogP contribution in [0.25, 0.3) is 0 Å². The number of benzene rings is 1. The summed E-state index contributed by atoms with van der Waals surface area (Å²) in [7, 11) is 0. The third-order valence-electron chi connectivity index (χ3n) is 3.08. The van der Waals surface area contributed by atoms with Crippen LogP contribution in [0.2, 0.25) is 0 Å². The number of halogens is 1. The van der Waals surface area contributed by atoms with Gasteiger partial charge in [-0.2, -0.15) is 5.26 Å². The van der Waals surface area contributed by atoms with Crippen molar-refractivity contribution < 1.29 is 0 Å². The zero-order valence-corrected chi connectivity index (χ0v) is 10.8. The lowest BCUT2D eigenvalue weighted by atomic mass is 9.92. The molecular weight excluding hydrogens is 264 g/mol. The van der Waals surface area contributed by atoms with Crippen molar-refractivity contribution in [2.45, 2.75) is 19.3 Å². The average molecular weight is 279 g/mol. The predicted octanol–water partition coefficient (Wildman–Crippen LogP) is 2.86. The van der Waals surface area contributed by atoms with Gasteiger partial charge in [0.25, 0.3) is 0 Å². The Morgan fingerprint density at radius 2 is 2.38 bits per heavy atom. The summed E-state index contributed by atoms with van der Waals surface area (Å²) in [5, 5.41) is 12.3. The minimum absolute atomic E-state index is 0.707. The molecule has 1 saturated heterocycles. The second kappa shape index (κ2) is 5.47. The van der Waals surface area contributed by atoms with Crippen molar-refractivity contribution >= 4 is 15.9 Å². The molecule has 0 aromatic heterocycles. The topological polar surface area (TPSA) is 35.8 Å². The Bertz CT molecular complexity index is 403. The van der Waals surface area contributed by atoms with Gasteiger partial charge < -0.3 is 5.32 Å². The van der Waals surface area contributed by atoms with E-state index < -0.39 is 0 Å². The second-order valence-corrected chi connectivity index (χ2v) is 5.19. The smallest absolute Gasteiger partial charge is 0.0991 e. The molecule has 1 aromatic carbocycles. The van der Waals surface area contributed by atoms with E-state index in [0.29, 0.717) is 5.92 Å². The molecule has 2 nitrogen and oxygen atoms in total. The molecule has 0 radical (unpaired) electrons. The molecule has 0 amide bonds. The van der Waals surface area contributed by atoms with Crippen LogP contribution in [0, 0.1) is 17.2 Å². The summed E-state index contributed by atoms with van der Waals surface area (Å²) in [4.78, 5) is 0. The van der Waals surface area contributed by atoms with Gasteiger partial charge in [-0.1, -0.05) is 15.9 Å². The lowest BCUT2D eigenvalue weighted by Gasteiger charge is -2.23. The third-order valence-corrected chi connectivity index (χ3v) is 3.86. The van der Waals surface area contributed by atoms with Gasteiger partial charge in [0, 0.05) is 4.47 Å². The average Bonchev–Trinajstić information content (AvgIpc) is 2.33. The van der Waals surface area contributed by atoms with Crippen LogP contribution in [0.1, 0.15) is 24.0 Å². The number of nitriles is 1. The summed E-state index contributed by atoms with van der Waals surface area (Å²) in [6.07, 6.45) is 3.61. The molecule has 1 aromatic rings. The molecule has 1 aliphatic rings. The van der Waals surface area contributed by atoms with E-state index in [1.54, 1.807) is 0 Å². The number of nitrogens with zero attached hydrogens (tertiary/aromatic N) is 1. The highest BCUT2D eigenvalue weighted by Crippen LogP contribution is 2.23. The fraction of sp³-hybridized carbons (Fsp3) is 0.462. The maximum Gasteiger partial charge on any atom is 0.0991 e. The molecular formula is C13H15BrN2. The molecule has 1 N–H and O–H groups in total. The van der Waals surface area contributed by atoms with Crippen molar-refractivity contribution in [3.63, 3.8) is 0 Å². The molecule has 0 saturated carbocycles. The quantitative estimate of drug-likeness (QED) is 0.903. The first-order valence-electron chi connectivity index (χ1n) is 5.69. The highest BCUT2D eigenvalue weighted by Gasteiger charge is 2.14. The van der Waals surface area contributed by atoms with Gasteiger partial charge in [0.15, 0.2) is 0 Å². The summed E-state index contributed by atoms with van der Waals surface area (Å²) in [6.45, 7) is 2.25. The van der Waals surface area contributed by atoms with Crippen molar-refractivity contribution in [3.8, 4) is 6.07 Å². The molecule has 3 heteroatoms. The summed E-state index contributed by atoms with van der Waals surface area (Å²) in [6, 6.07) is 8.02. The standard InChI is InChI=1S/C13H15BrN2/c14-13-4-3-10(8-15)6-12(13)7-11-2-1-5-16-9-11/h3-4,6,11,16H,1-2,5,7,9H2. The Balaban J connectivity index is 2.10.